The van der Waals surface area contributed by atoms with Crippen molar-refractivity contribution in [1.29, 1.82) is 0 Å². The van der Waals surface area contributed by atoms with Crippen LogP contribution in [0, 0.1) is 6.92 Å². The van der Waals surface area contributed by atoms with E-state index >= 15 is 0 Å². The molecule has 22 heavy (non-hydrogen) atoms. The van der Waals surface area contributed by atoms with Gasteiger partial charge in [-0.25, -0.2) is 0 Å². The Kier molecular flexibility index (Phi) is 9.36. The van der Waals surface area contributed by atoms with Crippen molar-refractivity contribution in [2.45, 2.75) is 78.1 Å². The molecule has 0 aromatic heterocycles. The highest BCUT2D eigenvalue weighted by Gasteiger charge is 2.09. The highest BCUT2D eigenvalue weighted by Crippen LogP contribution is 2.22. The maximum atomic E-state index is 9.94. The molecule has 3 heteroatoms. The molecule has 0 aliphatic heterocycles. The number of oxime groups is 1. The van der Waals surface area contributed by atoms with E-state index in [1.165, 1.54) is 44.9 Å². The predicted octanol–water partition coefficient (Wildman–Crippen LogP) is 5.80. The normalized spacial score (nSPS) is 11.8. The van der Waals surface area contributed by atoms with Gasteiger partial charge in [0.05, 0.1) is 5.71 Å². The number of aromatic hydroxyl groups is 1. The summed E-state index contributed by atoms with van der Waals surface area (Å²) < 4.78 is 0. The van der Waals surface area contributed by atoms with E-state index in [2.05, 4.69) is 12.1 Å². The molecule has 1 aromatic rings. The van der Waals surface area contributed by atoms with Crippen molar-refractivity contribution >= 4 is 5.71 Å². The second kappa shape index (κ2) is 11.1. The number of hydrogen-bond donors (Lipinski definition) is 2. The first-order chi connectivity index (χ1) is 10.7. The summed E-state index contributed by atoms with van der Waals surface area (Å²) in [4.78, 5) is 0. The lowest BCUT2D eigenvalue weighted by molar-refractivity contribution is 0.317. The first-order valence-electron chi connectivity index (χ1n) is 8.70. The molecule has 0 amide bonds. The molecule has 1 aromatic carbocycles. The minimum Gasteiger partial charge on any atom is -0.507 e. The Morgan fingerprint density at radius 1 is 0.955 bits per heavy atom. The maximum Gasteiger partial charge on any atom is 0.125 e. The zero-order valence-corrected chi connectivity index (χ0v) is 14.1. The fourth-order valence-electron chi connectivity index (χ4n) is 2.73. The van der Waals surface area contributed by atoms with Crippen LogP contribution in [0.25, 0.3) is 0 Å². The molecular weight excluding hydrogens is 274 g/mol. The summed E-state index contributed by atoms with van der Waals surface area (Å²) in [5.74, 6) is 0.198. The van der Waals surface area contributed by atoms with E-state index in [-0.39, 0.29) is 5.75 Å². The molecular formula is C19H31NO2. The van der Waals surface area contributed by atoms with Crippen LogP contribution in [0.1, 0.15) is 82.3 Å². The molecule has 3 nitrogen and oxygen atoms in total. The lowest BCUT2D eigenvalue weighted by Crippen LogP contribution is -2.02. The van der Waals surface area contributed by atoms with E-state index in [0.717, 1.165) is 18.4 Å². The minimum atomic E-state index is 0.198. The number of hydrogen-bond acceptors (Lipinski definition) is 3. The molecule has 0 saturated carbocycles. The molecule has 0 unspecified atom stereocenters. The van der Waals surface area contributed by atoms with Gasteiger partial charge < -0.3 is 10.3 Å². The van der Waals surface area contributed by atoms with Crippen molar-refractivity contribution in [3.63, 3.8) is 0 Å². The average Bonchev–Trinajstić information content (AvgIpc) is 2.50. The van der Waals surface area contributed by atoms with Crippen LogP contribution in [-0.2, 0) is 0 Å². The Morgan fingerprint density at radius 3 is 2.09 bits per heavy atom. The van der Waals surface area contributed by atoms with Crippen molar-refractivity contribution in [3.05, 3.63) is 29.3 Å². The molecule has 124 valence electrons. The van der Waals surface area contributed by atoms with Crippen LogP contribution in [-0.4, -0.2) is 16.0 Å². The van der Waals surface area contributed by atoms with Crippen LogP contribution >= 0.6 is 0 Å². The van der Waals surface area contributed by atoms with Gasteiger partial charge >= 0.3 is 0 Å². The molecule has 1 rings (SSSR count). The van der Waals surface area contributed by atoms with Crippen molar-refractivity contribution in [2.24, 2.45) is 5.16 Å². The molecule has 0 aliphatic carbocycles. The molecule has 0 saturated heterocycles. The first-order valence-corrected chi connectivity index (χ1v) is 8.70. The molecule has 0 atom stereocenters. The standard InChI is InChI=1S/C19H31NO2/c1-3-4-5-6-7-8-9-10-11-12-18(20-22)17-14-13-16(2)15-19(17)21/h13-15,21-22H,3-12H2,1-2H3/b20-18+. The molecule has 0 bridgehead atoms. The highest BCUT2D eigenvalue weighted by atomic mass is 16.4. The van der Waals surface area contributed by atoms with Gasteiger partial charge in [0.2, 0.25) is 0 Å². The van der Waals surface area contributed by atoms with E-state index < -0.39 is 0 Å². The van der Waals surface area contributed by atoms with Crippen LogP contribution in [0.2, 0.25) is 0 Å². The molecule has 0 spiro atoms. The molecule has 0 heterocycles. The fraction of sp³-hybridized carbons (Fsp3) is 0.632. The van der Waals surface area contributed by atoms with Gasteiger partial charge in [-0.15, -0.1) is 0 Å². The van der Waals surface area contributed by atoms with Crippen LogP contribution in [0.15, 0.2) is 23.4 Å². The summed E-state index contributed by atoms with van der Waals surface area (Å²) >= 11 is 0. The van der Waals surface area contributed by atoms with E-state index in [1.807, 2.05) is 19.1 Å². The van der Waals surface area contributed by atoms with Gasteiger partial charge in [0.1, 0.15) is 5.75 Å². The molecule has 2 N–H and O–H groups in total. The van der Waals surface area contributed by atoms with Crippen molar-refractivity contribution in [3.8, 4) is 5.75 Å². The Balaban J connectivity index is 2.22. The summed E-state index contributed by atoms with van der Waals surface area (Å²) in [6, 6.07) is 5.46. The predicted molar refractivity (Wildman–Crippen MR) is 93.0 cm³/mol. The third kappa shape index (κ3) is 6.97. The van der Waals surface area contributed by atoms with Gasteiger partial charge in [-0.05, 0) is 37.5 Å². The number of unbranched alkanes of at least 4 members (excludes halogenated alkanes) is 8. The van der Waals surface area contributed by atoms with E-state index in [0.29, 0.717) is 17.7 Å². The van der Waals surface area contributed by atoms with E-state index in [1.54, 1.807) is 6.07 Å². The van der Waals surface area contributed by atoms with Gasteiger partial charge in [0.25, 0.3) is 0 Å². The topological polar surface area (TPSA) is 52.8 Å². The number of phenolic OH excluding ortho intramolecular Hbond substituents is 1. The summed E-state index contributed by atoms with van der Waals surface area (Å²) in [5, 5.41) is 22.5. The number of benzene rings is 1. The average molecular weight is 305 g/mol. The lowest BCUT2D eigenvalue weighted by atomic mass is 10.0. The second-order valence-electron chi connectivity index (χ2n) is 6.15. The third-order valence-corrected chi connectivity index (χ3v) is 4.10. The van der Waals surface area contributed by atoms with E-state index in [9.17, 15) is 10.3 Å². The fourth-order valence-corrected chi connectivity index (χ4v) is 2.73. The Labute approximate surface area is 135 Å². The second-order valence-corrected chi connectivity index (χ2v) is 6.15. The minimum absolute atomic E-state index is 0.198. The zero-order valence-electron chi connectivity index (χ0n) is 14.1. The van der Waals surface area contributed by atoms with Crippen LogP contribution < -0.4 is 0 Å². The zero-order chi connectivity index (χ0) is 16.2. The van der Waals surface area contributed by atoms with Crippen LogP contribution in [0.4, 0.5) is 0 Å². The number of phenols is 1. The van der Waals surface area contributed by atoms with Crippen LogP contribution in [0.5, 0.6) is 5.75 Å². The number of aryl methyl sites for hydroxylation is 1. The summed E-state index contributed by atoms with van der Waals surface area (Å²) in [6.07, 6.45) is 12.1. The maximum absolute atomic E-state index is 9.94. The monoisotopic (exact) mass is 305 g/mol. The van der Waals surface area contributed by atoms with Gasteiger partial charge in [-0.3, -0.25) is 0 Å². The van der Waals surface area contributed by atoms with Crippen LogP contribution in [0.3, 0.4) is 0 Å². The molecule has 0 aliphatic rings. The van der Waals surface area contributed by atoms with Crippen molar-refractivity contribution < 1.29 is 10.3 Å². The van der Waals surface area contributed by atoms with Gasteiger partial charge in [-0.1, -0.05) is 69.5 Å². The largest absolute Gasteiger partial charge is 0.507 e. The lowest BCUT2D eigenvalue weighted by Gasteiger charge is -2.08. The SMILES string of the molecule is CCCCCCCCCCC/C(=N\O)c1ccc(C)cc1O. The molecule has 0 radical (unpaired) electrons. The Bertz CT molecular complexity index is 455. The van der Waals surface area contributed by atoms with Gasteiger partial charge in [0, 0.05) is 5.56 Å². The highest BCUT2D eigenvalue weighted by molar-refractivity contribution is 6.02. The molecule has 0 fully saturated rings. The van der Waals surface area contributed by atoms with Crippen molar-refractivity contribution in [2.75, 3.05) is 0 Å². The number of nitrogens with zero attached hydrogens (tertiary/aromatic N) is 1. The third-order valence-electron chi connectivity index (χ3n) is 4.10. The van der Waals surface area contributed by atoms with Crippen molar-refractivity contribution in [1.82, 2.24) is 0 Å². The summed E-state index contributed by atoms with van der Waals surface area (Å²) in [5.41, 5.74) is 2.23. The van der Waals surface area contributed by atoms with Gasteiger partial charge in [0.15, 0.2) is 0 Å². The first kappa shape index (κ1) is 18.5. The van der Waals surface area contributed by atoms with E-state index in [4.69, 9.17) is 0 Å². The quantitative estimate of drug-likeness (QED) is 0.235. The van der Waals surface area contributed by atoms with Gasteiger partial charge in [-0.2, -0.15) is 0 Å². The smallest absolute Gasteiger partial charge is 0.125 e. The Morgan fingerprint density at radius 2 is 1.55 bits per heavy atom. The summed E-state index contributed by atoms with van der Waals surface area (Å²) in [7, 11) is 0. The number of rotatable bonds is 11. The summed E-state index contributed by atoms with van der Waals surface area (Å²) in [6.45, 7) is 4.17. The Hall–Kier alpha value is -1.51.